The van der Waals surface area contributed by atoms with Crippen molar-refractivity contribution in [3.05, 3.63) is 0 Å². The van der Waals surface area contributed by atoms with Crippen LogP contribution in [-0.4, -0.2) is 11.3 Å². The summed E-state index contributed by atoms with van der Waals surface area (Å²) in [6.45, 7) is 3.89. The summed E-state index contributed by atoms with van der Waals surface area (Å²) in [5.74, 6) is 2.66. The molecule has 0 unspecified atom stereocenters. The summed E-state index contributed by atoms with van der Waals surface area (Å²) in [5, 5.41) is 0. The number of carbonyl (C=O) groups excluding carboxylic acids is 1. The molecule has 0 aromatic rings. The topological polar surface area (TPSA) is 43.1 Å². The largest absolute Gasteiger partial charge is 0.319 e. The maximum atomic E-state index is 11.6. The fourth-order valence-electron chi connectivity index (χ4n) is 1.24. The summed E-state index contributed by atoms with van der Waals surface area (Å²) >= 11 is 0. The van der Waals surface area contributed by atoms with Crippen LogP contribution in [0.4, 0.5) is 0 Å². The molecule has 0 saturated carbocycles. The van der Waals surface area contributed by atoms with Crippen LogP contribution in [0.1, 0.15) is 46.0 Å². The summed E-state index contributed by atoms with van der Waals surface area (Å²) in [5.41, 5.74) is 5.30. The highest BCUT2D eigenvalue weighted by Crippen LogP contribution is 2.15. The van der Waals surface area contributed by atoms with Gasteiger partial charge in [0, 0.05) is 12.8 Å². The van der Waals surface area contributed by atoms with Crippen LogP contribution < -0.4 is 5.73 Å². The van der Waals surface area contributed by atoms with Crippen molar-refractivity contribution in [2.24, 2.45) is 5.73 Å². The minimum atomic E-state index is -0.616. The zero-order chi connectivity index (χ0) is 10.3. The van der Waals surface area contributed by atoms with E-state index in [0.29, 0.717) is 25.7 Å². The number of hydrogen-bond acceptors (Lipinski definition) is 2. The van der Waals surface area contributed by atoms with Crippen molar-refractivity contribution >= 4 is 5.78 Å². The molecule has 2 N–H and O–H groups in total. The number of hydrogen-bond donors (Lipinski definition) is 1. The Bertz CT molecular complexity index is 199. The molecule has 0 aliphatic rings. The van der Waals surface area contributed by atoms with Gasteiger partial charge in [-0.3, -0.25) is 4.79 Å². The maximum absolute atomic E-state index is 11.6. The van der Waals surface area contributed by atoms with Gasteiger partial charge in [-0.15, -0.1) is 12.3 Å². The monoisotopic (exact) mass is 181 g/mol. The Balaban J connectivity index is 4.01. The molecule has 0 saturated heterocycles. The smallest absolute Gasteiger partial charge is 0.152 e. The van der Waals surface area contributed by atoms with Crippen molar-refractivity contribution in [1.29, 1.82) is 0 Å². The molecule has 2 heteroatoms. The SMILES string of the molecule is C#CCCCC(=O)C(N)(CC)CC. The van der Waals surface area contributed by atoms with E-state index in [4.69, 9.17) is 12.2 Å². The van der Waals surface area contributed by atoms with Crippen LogP contribution in [0, 0.1) is 12.3 Å². The highest BCUT2D eigenvalue weighted by Gasteiger charge is 2.28. The number of Topliss-reactive ketones (excluding diaryl/α,β-unsaturated/α-hetero) is 1. The highest BCUT2D eigenvalue weighted by atomic mass is 16.1. The molecular formula is C11H19NO. The summed E-state index contributed by atoms with van der Waals surface area (Å²) in [6.07, 6.45) is 8.45. The lowest BCUT2D eigenvalue weighted by Crippen LogP contribution is -2.46. The Morgan fingerprint density at radius 2 is 2.00 bits per heavy atom. The first-order chi connectivity index (χ1) is 6.10. The first-order valence-corrected chi connectivity index (χ1v) is 4.86. The average Bonchev–Trinajstić information content (AvgIpc) is 2.17. The van der Waals surface area contributed by atoms with E-state index in [1.165, 1.54) is 0 Å². The van der Waals surface area contributed by atoms with E-state index in [-0.39, 0.29) is 5.78 Å². The molecule has 0 aliphatic heterocycles. The van der Waals surface area contributed by atoms with Crippen molar-refractivity contribution in [3.63, 3.8) is 0 Å². The highest BCUT2D eigenvalue weighted by molar-refractivity contribution is 5.88. The first kappa shape index (κ1) is 12.2. The molecule has 0 heterocycles. The second-order valence-corrected chi connectivity index (χ2v) is 3.34. The molecule has 0 radical (unpaired) electrons. The van der Waals surface area contributed by atoms with Gasteiger partial charge >= 0.3 is 0 Å². The summed E-state index contributed by atoms with van der Waals surface area (Å²) in [7, 11) is 0. The Hall–Kier alpha value is -0.810. The van der Waals surface area contributed by atoms with Gasteiger partial charge in [-0.1, -0.05) is 13.8 Å². The molecule has 0 aliphatic carbocycles. The van der Waals surface area contributed by atoms with Crippen molar-refractivity contribution in [2.75, 3.05) is 0 Å². The maximum Gasteiger partial charge on any atom is 0.152 e. The van der Waals surface area contributed by atoms with E-state index in [1.54, 1.807) is 0 Å². The molecule has 0 aromatic carbocycles. The zero-order valence-electron chi connectivity index (χ0n) is 8.60. The summed E-state index contributed by atoms with van der Waals surface area (Å²) in [6, 6.07) is 0. The van der Waals surface area contributed by atoms with Gasteiger partial charge in [-0.2, -0.15) is 0 Å². The number of ketones is 1. The average molecular weight is 181 g/mol. The van der Waals surface area contributed by atoms with Gasteiger partial charge < -0.3 is 5.73 Å². The molecule has 2 nitrogen and oxygen atoms in total. The number of unbranched alkanes of at least 4 members (excludes halogenated alkanes) is 1. The third-order valence-corrected chi connectivity index (χ3v) is 2.54. The van der Waals surface area contributed by atoms with Crippen molar-refractivity contribution < 1.29 is 4.79 Å². The normalized spacial score (nSPS) is 10.9. The van der Waals surface area contributed by atoms with Gasteiger partial charge in [0.15, 0.2) is 5.78 Å². The third kappa shape index (κ3) is 3.61. The molecule has 0 fully saturated rings. The van der Waals surface area contributed by atoms with E-state index in [9.17, 15) is 4.79 Å². The van der Waals surface area contributed by atoms with Crippen molar-refractivity contribution in [2.45, 2.75) is 51.5 Å². The molecule has 0 atom stereocenters. The van der Waals surface area contributed by atoms with Crippen LogP contribution in [0.3, 0.4) is 0 Å². The van der Waals surface area contributed by atoms with Crippen molar-refractivity contribution in [1.82, 2.24) is 0 Å². The number of rotatable bonds is 6. The number of terminal acetylenes is 1. The van der Waals surface area contributed by atoms with E-state index in [2.05, 4.69) is 5.92 Å². The Morgan fingerprint density at radius 3 is 2.38 bits per heavy atom. The summed E-state index contributed by atoms with van der Waals surface area (Å²) in [4.78, 5) is 11.6. The molecule has 0 rings (SSSR count). The fraction of sp³-hybridized carbons (Fsp3) is 0.727. The predicted molar refractivity (Wildman–Crippen MR) is 55.2 cm³/mol. The molecule has 0 spiro atoms. The van der Waals surface area contributed by atoms with E-state index in [1.807, 2.05) is 13.8 Å². The van der Waals surface area contributed by atoms with Crippen LogP contribution >= 0.6 is 0 Å². The minimum absolute atomic E-state index is 0.146. The second kappa shape index (κ2) is 5.77. The van der Waals surface area contributed by atoms with E-state index < -0.39 is 5.54 Å². The van der Waals surface area contributed by atoms with Gasteiger partial charge in [0.1, 0.15) is 0 Å². The lowest BCUT2D eigenvalue weighted by molar-refractivity contribution is -0.124. The fourth-order valence-corrected chi connectivity index (χ4v) is 1.24. The van der Waals surface area contributed by atoms with Crippen molar-refractivity contribution in [3.8, 4) is 12.3 Å². The molecule has 0 aromatic heterocycles. The third-order valence-electron chi connectivity index (χ3n) is 2.54. The van der Waals surface area contributed by atoms with Crippen LogP contribution in [-0.2, 0) is 4.79 Å². The van der Waals surface area contributed by atoms with Gasteiger partial charge in [-0.05, 0) is 19.3 Å². The van der Waals surface area contributed by atoms with Gasteiger partial charge in [-0.25, -0.2) is 0 Å². The Morgan fingerprint density at radius 1 is 1.46 bits per heavy atom. The predicted octanol–water partition coefficient (Wildman–Crippen LogP) is 1.88. The quantitative estimate of drug-likeness (QED) is 0.502. The second-order valence-electron chi connectivity index (χ2n) is 3.34. The molecule has 74 valence electrons. The van der Waals surface area contributed by atoms with E-state index in [0.717, 1.165) is 6.42 Å². The van der Waals surface area contributed by atoms with Crippen LogP contribution in [0.2, 0.25) is 0 Å². The van der Waals surface area contributed by atoms with Crippen LogP contribution in [0.15, 0.2) is 0 Å². The van der Waals surface area contributed by atoms with Crippen LogP contribution in [0.25, 0.3) is 0 Å². The number of carbonyl (C=O) groups is 1. The molecular weight excluding hydrogens is 162 g/mol. The van der Waals surface area contributed by atoms with Gasteiger partial charge in [0.25, 0.3) is 0 Å². The zero-order valence-corrected chi connectivity index (χ0v) is 8.60. The van der Waals surface area contributed by atoms with Gasteiger partial charge in [0.2, 0.25) is 0 Å². The molecule has 0 bridgehead atoms. The molecule has 13 heavy (non-hydrogen) atoms. The Labute approximate surface area is 80.9 Å². The molecule has 0 amide bonds. The summed E-state index contributed by atoms with van der Waals surface area (Å²) < 4.78 is 0. The van der Waals surface area contributed by atoms with Gasteiger partial charge in [0.05, 0.1) is 5.54 Å². The van der Waals surface area contributed by atoms with Crippen LogP contribution in [0.5, 0.6) is 0 Å². The lowest BCUT2D eigenvalue weighted by Gasteiger charge is -2.24. The minimum Gasteiger partial charge on any atom is -0.319 e. The first-order valence-electron chi connectivity index (χ1n) is 4.86. The van der Waals surface area contributed by atoms with E-state index >= 15 is 0 Å². The standard InChI is InChI=1S/C11H19NO/c1-4-7-8-9-10(13)11(12,5-2)6-3/h1H,5-9,12H2,2-3H3. The lowest BCUT2D eigenvalue weighted by atomic mass is 9.87. The Kier molecular flexibility index (Phi) is 5.41. The number of nitrogens with two attached hydrogens (primary N) is 1.